The largest absolute Gasteiger partial charge is 0.493 e. The van der Waals surface area contributed by atoms with Gasteiger partial charge in [0, 0.05) is 37.6 Å². The zero-order valence-corrected chi connectivity index (χ0v) is 19.4. The smallest absolute Gasteiger partial charge is 0.227 e. The van der Waals surface area contributed by atoms with Crippen molar-refractivity contribution in [3.63, 3.8) is 0 Å². The van der Waals surface area contributed by atoms with Crippen LogP contribution in [0.2, 0.25) is 0 Å². The van der Waals surface area contributed by atoms with E-state index in [0.29, 0.717) is 24.7 Å². The maximum absolute atomic E-state index is 5.81. The summed E-state index contributed by atoms with van der Waals surface area (Å²) in [5, 5.41) is 4.55. The fourth-order valence-corrected chi connectivity index (χ4v) is 4.61. The van der Waals surface area contributed by atoms with Crippen molar-refractivity contribution in [2.75, 3.05) is 69.7 Å². The highest BCUT2D eigenvalue weighted by Gasteiger charge is 2.19. The maximum Gasteiger partial charge on any atom is 0.227 e. The number of nitrogens with one attached hydrogen (secondary N) is 1. The standard InChI is InChI=1S/C24H38N6O2/c1-31-21-17-19-20(18-22(21)32-16-9-25)27-24(30-14-7-8-15-30)28-23(19)26-10-3-2-4-11-29-12-5-6-13-29/h17-18H,2-16,25H2,1H3,(H,26,27,28). The average Bonchev–Trinajstić information content (AvgIpc) is 3.53. The van der Waals surface area contributed by atoms with E-state index in [1.165, 1.54) is 58.2 Å². The molecule has 0 aliphatic carbocycles. The molecule has 0 amide bonds. The molecule has 1 aromatic heterocycles. The van der Waals surface area contributed by atoms with E-state index in [9.17, 15) is 0 Å². The minimum atomic E-state index is 0.439. The summed E-state index contributed by atoms with van der Waals surface area (Å²) in [6, 6.07) is 3.93. The second-order valence-corrected chi connectivity index (χ2v) is 8.76. The summed E-state index contributed by atoms with van der Waals surface area (Å²) >= 11 is 0. The Bertz CT molecular complexity index is 865. The van der Waals surface area contributed by atoms with Crippen LogP contribution in [0.15, 0.2) is 12.1 Å². The second kappa shape index (κ2) is 11.5. The molecule has 32 heavy (non-hydrogen) atoms. The summed E-state index contributed by atoms with van der Waals surface area (Å²) in [4.78, 5) is 14.6. The van der Waals surface area contributed by atoms with Crippen LogP contribution in [-0.4, -0.2) is 74.4 Å². The van der Waals surface area contributed by atoms with Gasteiger partial charge in [-0.05, 0) is 64.2 Å². The molecule has 8 heteroatoms. The molecule has 2 fully saturated rings. The highest BCUT2D eigenvalue weighted by molar-refractivity contribution is 5.92. The first-order chi connectivity index (χ1) is 15.8. The zero-order chi connectivity index (χ0) is 22.2. The molecular weight excluding hydrogens is 404 g/mol. The van der Waals surface area contributed by atoms with Gasteiger partial charge in [-0.3, -0.25) is 0 Å². The van der Waals surface area contributed by atoms with Crippen molar-refractivity contribution in [1.29, 1.82) is 0 Å². The van der Waals surface area contributed by atoms with Gasteiger partial charge >= 0.3 is 0 Å². The monoisotopic (exact) mass is 442 g/mol. The number of hydrogen-bond acceptors (Lipinski definition) is 8. The van der Waals surface area contributed by atoms with E-state index in [4.69, 9.17) is 25.2 Å². The topological polar surface area (TPSA) is 88.8 Å². The van der Waals surface area contributed by atoms with E-state index in [1.807, 2.05) is 12.1 Å². The molecule has 0 atom stereocenters. The zero-order valence-electron chi connectivity index (χ0n) is 19.4. The summed E-state index contributed by atoms with van der Waals surface area (Å²) in [6.07, 6.45) is 8.73. The van der Waals surface area contributed by atoms with Crippen molar-refractivity contribution in [3.8, 4) is 11.5 Å². The van der Waals surface area contributed by atoms with Gasteiger partial charge in [0.2, 0.25) is 5.95 Å². The predicted octanol–water partition coefficient (Wildman–Crippen LogP) is 3.25. The van der Waals surface area contributed by atoms with Crippen molar-refractivity contribution in [3.05, 3.63) is 12.1 Å². The molecule has 2 aliphatic rings. The minimum Gasteiger partial charge on any atom is -0.493 e. The number of benzene rings is 1. The van der Waals surface area contributed by atoms with Crippen molar-refractivity contribution in [1.82, 2.24) is 14.9 Å². The Morgan fingerprint density at radius 3 is 2.50 bits per heavy atom. The fourth-order valence-electron chi connectivity index (χ4n) is 4.61. The Hall–Kier alpha value is -2.32. The van der Waals surface area contributed by atoms with E-state index in [0.717, 1.165) is 48.7 Å². The van der Waals surface area contributed by atoms with Crippen molar-refractivity contribution in [2.45, 2.75) is 44.9 Å². The summed E-state index contributed by atoms with van der Waals surface area (Å²) in [5.74, 6) is 3.02. The first kappa shape index (κ1) is 22.9. The number of nitrogens with zero attached hydrogens (tertiary/aromatic N) is 4. The molecule has 2 saturated heterocycles. The average molecular weight is 443 g/mol. The molecular formula is C24H38N6O2. The molecule has 2 aliphatic heterocycles. The van der Waals surface area contributed by atoms with Gasteiger partial charge in [-0.25, -0.2) is 4.98 Å². The molecule has 1 aromatic carbocycles. The Labute approximate surface area is 191 Å². The number of likely N-dealkylation sites (tertiary alicyclic amines) is 1. The van der Waals surface area contributed by atoms with E-state index in [2.05, 4.69) is 15.1 Å². The van der Waals surface area contributed by atoms with Gasteiger partial charge in [0.05, 0.1) is 12.6 Å². The number of rotatable bonds is 12. The number of anilines is 2. The third-order valence-corrected chi connectivity index (χ3v) is 6.38. The van der Waals surface area contributed by atoms with E-state index in [1.54, 1.807) is 7.11 Å². The molecule has 3 N–H and O–H groups in total. The number of ether oxygens (including phenoxy) is 2. The molecule has 4 rings (SSSR count). The molecule has 3 heterocycles. The Morgan fingerprint density at radius 2 is 1.75 bits per heavy atom. The first-order valence-corrected chi connectivity index (χ1v) is 12.2. The van der Waals surface area contributed by atoms with E-state index in [-0.39, 0.29) is 0 Å². The third kappa shape index (κ3) is 5.72. The van der Waals surface area contributed by atoms with Crippen molar-refractivity contribution in [2.24, 2.45) is 5.73 Å². The Kier molecular flexibility index (Phi) is 8.23. The van der Waals surface area contributed by atoms with Crippen LogP contribution < -0.4 is 25.4 Å². The van der Waals surface area contributed by atoms with Gasteiger partial charge in [0.15, 0.2) is 11.5 Å². The van der Waals surface area contributed by atoms with Gasteiger partial charge in [0.1, 0.15) is 12.4 Å². The van der Waals surface area contributed by atoms with Crippen LogP contribution in [0.25, 0.3) is 10.9 Å². The second-order valence-electron chi connectivity index (χ2n) is 8.76. The lowest BCUT2D eigenvalue weighted by Gasteiger charge is -2.19. The maximum atomic E-state index is 5.81. The van der Waals surface area contributed by atoms with Crippen LogP contribution in [0.3, 0.4) is 0 Å². The number of fused-ring (bicyclic) bond motifs is 1. The molecule has 0 radical (unpaired) electrons. The SMILES string of the molecule is COc1cc2c(NCCCCCN3CCCC3)nc(N3CCCC3)nc2cc1OCCN. The number of aromatic nitrogens is 2. The van der Waals surface area contributed by atoms with Gasteiger partial charge < -0.3 is 30.3 Å². The van der Waals surface area contributed by atoms with E-state index >= 15 is 0 Å². The summed E-state index contributed by atoms with van der Waals surface area (Å²) in [7, 11) is 1.66. The van der Waals surface area contributed by atoms with Crippen LogP contribution >= 0.6 is 0 Å². The number of nitrogens with two attached hydrogens (primary N) is 1. The van der Waals surface area contributed by atoms with Crippen LogP contribution in [0.4, 0.5) is 11.8 Å². The quantitative estimate of drug-likeness (QED) is 0.484. The normalized spacial score (nSPS) is 16.8. The van der Waals surface area contributed by atoms with Crippen LogP contribution in [0.1, 0.15) is 44.9 Å². The first-order valence-electron chi connectivity index (χ1n) is 12.2. The number of unbranched alkanes of at least 4 members (excludes halogenated alkanes) is 2. The molecule has 0 saturated carbocycles. The summed E-state index contributed by atoms with van der Waals surface area (Å²) in [6.45, 7) is 7.61. The molecule has 8 nitrogen and oxygen atoms in total. The summed E-state index contributed by atoms with van der Waals surface area (Å²) in [5.41, 5.74) is 6.49. The molecule has 176 valence electrons. The molecule has 0 spiro atoms. The Morgan fingerprint density at radius 1 is 0.969 bits per heavy atom. The van der Waals surface area contributed by atoms with E-state index < -0.39 is 0 Å². The lowest BCUT2D eigenvalue weighted by Crippen LogP contribution is -2.21. The fraction of sp³-hybridized carbons (Fsp3) is 0.667. The molecule has 0 bridgehead atoms. The predicted molar refractivity (Wildman–Crippen MR) is 130 cm³/mol. The van der Waals surface area contributed by atoms with Crippen molar-refractivity contribution < 1.29 is 9.47 Å². The number of methoxy groups -OCH3 is 1. The highest BCUT2D eigenvalue weighted by atomic mass is 16.5. The van der Waals surface area contributed by atoms with Crippen LogP contribution in [0, 0.1) is 0 Å². The molecule has 2 aromatic rings. The highest BCUT2D eigenvalue weighted by Crippen LogP contribution is 2.35. The van der Waals surface area contributed by atoms with Crippen molar-refractivity contribution >= 4 is 22.7 Å². The lowest BCUT2D eigenvalue weighted by molar-refractivity contribution is 0.303. The minimum absolute atomic E-state index is 0.439. The van der Waals surface area contributed by atoms with Gasteiger partial charge in [0.25, 0.3) is 0 Å². The lowest BCUT2D eigenvalue weighted by atomic mass is 10.2. The molecule has 0 unspecified atom stereocenters. The van der Waals surface area contributed by atoms with Gasteiger partial charge in [-0.15, -0.1) is 0 Å². The van der Waals surface area contributed by atoms with Gasteiger partial charge in [-0.1, -0.05) is 6.42 Å². The summed E-state index contributed by atoms with van der Waals surface area (Å²) < 4.78 is 11.4. The Balaban J connectivity index is 1.47. The number of hydrogen-bond donors (Lipinski definition) is 2. The van der Waals surface area contributed by atoms with Crippen LogP contribution in [0.5, 0.6) is 11.5 Å². The van der Waals surface area contributed by atoms with Gasteiger partial charge in [-0.2, -0.15) is 4.98 Å². The third-order valence-electron chi connectivity index (χ3n) is 6.38. The van der Waals surface area contributed by atoms with Crippen LogP contribution in [-0.2, 0) is 0 Å².